The summed E-state index contributed by atoms with van der Waals surface area (Å²) in [5.74, 6) is 0.383. The molecular weight excluding hydrogens is 264 g/mol. The van der Waals surface area contributed by atoms with E-state index in [9.17, 15) is 0 Å². The van der Waals surface area contributed by atoms with Crippen LogP contribution in [0.15, 0.2) is 24.8 Å². The number of likely N-dealkylation sites (tertiary alicyclic amines) is 1. The highest BCUT2D eigenvalue weighted by Crippen LogP contribution is 2.25. The minimum atomic E-state index is 0.191. The van der Waals surface area contributed by atoms with E-state index in [1.807, 2.05) is 25.8 Å². The molecule has 2 N–H and O–H groups in total. The largest absolute Gasteiger partial charge is 0.337 e. The van der Waals surface area contributed by atoms with Crippen molar-refractivity contribution in [3.8, 4) is 0 Å². The van der Waals surface area contributed by atoms with Gasteiger partial charge in [-0.25, -0.2) is 4.98 Å². The van der Waals surface area contributed by atoms with E-state index < -0.39 is 0 Å². The van der Waals surface area contributed by atoms with E-state index in [1.54, 1.807) is 0 Å². The molecule has 1 fully saturated rings. The summed E-state index contributed by atoms with van der Waals surface area (Å²) in [4.78, 5) is 6.67. The van der Waals surface area contributed by atoms with Crippen LogP contribution in [0, 0.1) is 0 Å². The first kappa shape index (κ1) is 14.3. The van der Waals surface area contributed by atoms with Crippen molar-refractivity contribution in [3.63, 3.8) is 0 Å². The zero-order chi connectivity index (χ0) is 14.8. The van der Waals surface area contributed by atoms with Crippen molar-refractivity contribution in [2.75, 3.05) is 19.6 Å². The number of hydrogen-bond donors (Lipinski definition) is 1. The lowest BCUT2D eigenvalue weighted by atomic mass is 10.0. The second-order valence-electron chi connectivity index (χ2n) is 5.85. The van der Waals surface area contributed by atoms with Crippen molar-refractivity contribution < 1.29 is 0 Å². The Morgan fingerprint density at radius 3 is 2.95 bits per heavy atom. The Bertz CT molecular complexity index is 587. The van der Waals surface area contributed by atoms with Crippen LogP contribution in [-0.4, -0.2) is 49.9 Å². The Morgan fingerprint density at radius 2 is 2.24 bits per heavy atom. The molecule has 0 radical (unpaired) electrons. The smallest absolute Gasteiger partial charge is 0.0945 e. The van der Waals surface area contributed by atoms with Gasteiger partial charge in [0.1, 0.15) is 0 Å². The molecule has 0 bridgehead atoms. The van der Waals surface area contributed by atoms with Gasteiger partial charge in [0.15, 0.2) is 0 Å². The van der Waals surface area contributed by atoms with Gasteiger partial charge in [0, 0.05) is 75.4 Å². The van der Waals surface area contributed by atoms with Crippen molar-refractivity contribution in [2.24, 2.45) is 12.8 Å². The third kappa shape index (κ3) is 2.87. The Kier molecular flexibility index (Phi) is 4.07. The molecular formula is C15H24N6. The van der Waals surface area contributed by atoms with Crippen LogP contribution in [0.1, 0.15) is 24.2 Å². The van der Waals surface area contributed by atoms with E-state index in [-0.39, 0.29) is 6.04 Å². The van der Waals surface area contributed by atoms with Gasteiger partial charge in [0.05, 0.1) is 6.33 Å². The highest BCUT2D eigenvalue weighted by Gasteiger charge is 2.32. The van der Waals surface area contributed by atoms with E-state index >= 15 is 0 Å². The molecule has 0 aliphatic carbocycles. The summed E-state index contributed by atoms with van der Waals surface area (Å²) in [7, 11) is 2.04. The number of nitrogens with zero attached hydrogens (tertiary/aromatic N) is 5. The summed E-state index contributed by atoms with van der Waals surface area (Å²) < 4.78 is 4.15. The second-order valence-corrected chi connectivity index (χ2v) is 5.85. The molecule has 6 nitrogen and oxygen atoms in total. The Hall–Kier alpha value is -1.66. The average molecular weight is 288 g/mol. The Labute approximate surface area is 125 Å². The summed E-state index contributed by atoms with van der Waals surface area (Å²) >= 11 is 0. The Morgan fingerprint density at radius 1 is 1.38 bits per heavy atom. The Balaban J connectivity index is 1.60. The van der Waals surface area contributed by atoms with E-state index in [0.717, 1.165) is 32.6 Å². The number of hydrogen-bond acceptors (Lipinski definition) is 4. The summed E-state index contributed by atoms with van der Waals surface area (Å²) in [6.07, 6.45) is 6.70. The summed E-state index contributed by atoms with van der Waals surface area (Å²) in [6, 6.07) is 2.30. The van der Waals surface area contributed by atoms with Gasteiger partial charge in [-0.2, -0.15) is 5.10 Å². The van der Waals surface area contributed by atoms with Gasteiger partial charge < -0.3 is 15.2 Å². The molecule has 114 valence electrons. The molecule has 2 atom stereocenters. The highest BCUT2D eigenvalue weighted by atomic mass is 15.3. The van der Waals surface area contributed by atoms with Crippen LogP contribution in [0.25, 0.3) is 0 Å². The molecule has 0 amide bonds. The average Bonchev–Trinajstić information content (AvgIpc) is 3.16. The molecule has 0 unspecified atom stereocenters. The highest BCUT2D eigenvalue weighted by molar-refractivity contribution is 5.13. The van der Waals surface area contributed by atoms with E-state index in [2.05, 4.69) is 37.2 Å². The molecule has 6 heteroatoms. The van der Waals surface area contributed by atoms with Crippen molar-refractivity contribution in [2.45, 2.75) is 31.8 Å². The second kappa shape index (κ2) is 5.99. The molecule has 21 heavy (non-hydrogen) atoms. The van der Waals surface area contributed by atoms with Gasteiger partial charge in [-0.1, -0.05) is 0 Å². The molecule has 2 aromatic heterocycles. The molecule has 3 rings (SSSR count). The van der Waals surface area contributed by atoms with Gasteiger partial charge in [-0.3, -0.25) is 4.68 Å². The first-order chi connectivity index (χ1) is 10.2. The number of rotatable bonds is 5. The van der Waals surface area contributed by atoms with Crippen molar-refractivity contribution in [3.05, 3.63) is 36.2 Å². The van der Waals surface area contributed by atoms with Crippen LogP contribution in [0.5, 0.6) is 0 Å². The van der Waals surface area contributed by atoms with Crippen molar-refractivity contribution in [1.82, 2.24) is 24.2 Å². The van der Waals surface area contributed by atoms with Gasteiger partial charge in [-0.15, -0.1) is 0 Å². The maximum atomic E-state index is 6.33. The number of nitrogens with two attached hydrogens (primary N) is 1. The minimum Gasteiger partial charge on any atom is -0.337 e. The van der Waals surface area contributed by atoms with E-state index in [4.69, 9.17) is 5.73 Å². The zero-order valence-corrected chi connectivity index (χ0v) is 12.8. The summed E-state index contributed by atoms with van der Waals surface area (Å²) in [6.45, 7) is 6.06. The zero-order valence-electron chi connectivity index (χ0n) is 12.8. The predicted molar refractivity (Wildman–Crippen MR) is 82.0 cm³/mol. The fraction of sp³-hybridized carbons (Fsp3) is 0.600. The number of aromatic nitrogens is 4. The van der Waals surface area contributed by atoms with Crippen molar-refractivity contribution in [1.29, 1.82) is 0 Å². The SMILES string of the molecule is CCn1nccc1CCN1C[C@@H](N)[C@H](c2cncn2C)C1. The van der Waals surface area contributed by atoms with Gasteiger partial charge >= 0.3 is 0 Å². The fourth-order valence-electron chi connectivity index (χ4n) is 3.26. The van der Waals surface area contributed by atoms with Crippen molar-refractivity contribution >= 4 is 0 Å². The lowest BCUT2D eigenvalue weighted by Gasteiger charge is -2.16. The van der Waals surface area contributed by atoms with Crippen LogP contribution >= 0.6 is 0 Å². The third-order valence-electron chi connectivity index (χ3n) is 4.46. The predicted octanol–water partition coefficient (Wildman–Crippen LogP) is 0.606. The molecule has 2 aromatic rings. The maximum absolute atomic E-state index is 6.33. The molecule has 1 aliphatic rings. The van der Waals surface area contributed by atoms with Crippen LogP contribution in [0.2, 0.25) is 0 Å². The van der Waals surface area contributed by atoms with E-state index in [0.29, 0.717) is 5.92 Å². The summed E-state index contributed by atoms with van der Waals surface area (Å²) in [5, 5.41) is 4.32. The van der Waals surface area contributed by atoms with E-state index in [1.165, 1.54) is 11.4 Å². The van der Waals surface area contributed by atoms with Crippen LogP contribution in [0.4, 0.5) is 0 Å². The van der Waals surface area contributed by atoms with Gasteiger partial charge in [0.2, 0.25) is 0 Å². The molecule has 1 saturated heterocycles. The molecule has 0 aromatic carbocycles. The lowest BCUT2D eigenvalue weighted by Crippen LogP contribution is -2.30. The molecule has 0 spiro atoms. The standard InChI is InChI=1S/C15H24N6/c1-3-21-12(4-6-18-21)5-7-20-9-13(14(16)10-20)15-8-17-11-19(15)2/h4,6,8,11,13-14H,3,5,7,9-10,16H2,1-2H3/t13-,14-/m1/s1. The monoisotopic (exact) mass is 288 g/mol. The topological polar surface area (TPSA) is 64.9 Å². The summed E-state index contributed by atoms with van der Waals surface area (Å²) in [5.41, 5.74) is 8.87. The fourth-order valence-corrected chi connectivity index (χ4v) is 3.26. The molecule has 3 heterocycles. The van der Waals surface area contributed by atoms with Crippen LogP contribution in [-0.2, 0) is 20.0 Å². The first-order valence-electron chi connectivity index (χ1n) is 7.64. The van der Waals surface area contributed by atoms with Gasteiger partial charge in [0.25, 0.3) is 0 Å². The normalized spacial score (nSPS) is 23.0. The quantitative estimate of drug-likeness (QED) is 0.875. The molecule has 0 saturated carbocycles. The number of aryl methyl sites for hydroxylation is 2. The maximum Gasteiger partial charge on any atom is 0.0945 e. The lowest BCUT2D eigenvalue weighted by molar-refractivity contribution is 0.331. The minimum absolute atomic E-state index is 0.191. The van der Waals surface area contributed by atoms with Crippen LogP contribution < -0.4 is 5.73 Å². The first-order valence-corrected chi connectivity index (χ1v) is 7.64. The molecule has 1 aliphatic heterocycles. The van der Waals surface area contributed by atoms with Gasteiger partial charge in [-0.05, 0) is 13.0 Å². The van der Waals surface area contributed by atoms with Crippen LogP contribution in [0.3, 0.4) is 0 Å². The number of imidazole rings is 1. The third-order valence-corrected chi connectivity index (χ3v) is 4.46.